The molecule has 2 heterocycles. The predicted molar refractivity (Wildman–Crippen MR) is 122 cm³/mol. The molecule has 2 aromatic heterocycles. The van der Waals surface area contributed by atoms with Gasteiger partial charge < -0.3 is 17.0 Å². The van der Waals surface area contributed by atoms with Crippen LogP contribution in [0.5, 0.6) is 0 Å². The van der Waals surface area contributed by atoms with E-state index in [0.29, 0.717) is 6.54 Å². The number of carbonyl (C=O) groups excluding carboxylic acids is 1. The molecule has 0 spiro atoms. The van der Waals surface area contributed by atoms with Crippen LogP contribution >= 0.6 is 22.7 Å². The summed E-state index contributed by atoms with van der Waals surface area (Å²) in [7, 11) is 0. The lowest BCUT2D eigenvalue weighted by Gasteiger charge is -2.03. The lowest BCUT2D eigenvalue weighted by atomic mass is 10.1. The van der Waals surface area contributed by atoms with E-state index in [0.717, 1.165) is 23.3 Å². The van der Waals surface area contributed by atoms with Crippen molar-refractivity contribution in [3.05, 3.63) is 50.8 Å². The Morgan fingerprint density at radius 1 is 1.00 bits per heavy atom. The first-order valence-electron chi connectivity index (χ1n) is 10.7. The van der Waals surface area contributed by atoms with Crippen LogP contribution in [0.4, 0.5) is 0 Å². The fourth-order valence-electron chi connectivity index (χ4n) is 3.78. The zero-order chi connectivity index (χ0) is 19.9. The second kappa shape index (κ2) is 12.0. The van der Waals surface area contributed by atoms with E-state index in [2.05, 4.69) is 55.1 Å². The number of unbranched alkanes of at least 4 members (excludes halogenated alkanes) is 4. The zero-order valence-corrected chi connectivity index (χ0v) is 21.0. The van der Waals surface area contributed by atoms with E-state index in [-0.39, 0.29) is 22.8 Å². The van der Waals surface area contributed by atoms with Crippen molar-refractivity contribution in [1.29, 1.82) is 0 Å². The normalized spacial score (nSPS) is 11.0. The summed E-state index contributed by atoms with van der Waals surface area (Å²) in [5.41, 5.74) is 4.72. The summed E-state index contributed by atoms with van der Waals surface area (Å²) in [6.45, 7) is 7.06. The fourth-order valence-corrected chi connectivity index (χ4v) is 6.00. The third-order valence-corrected chi connectivity index (χ3v) is 7.82. The van der Waals surface area contributed by atoms with E-state index in [1.54, 1.807) is 11.3 Å². The van der Waals surface area contributed by atoms with Crippen LogP contribution in [0, 0.1) is 6.92 Å². The quantitative estimate of drug-likeness (QED) is 0.225. The molecule has 0 unspecified atom stereocenters. The van der Waals surface area contributed by atoms with Crippen molar-refractivity contribution in [3.8, 4) is 0 Å². The number of thiophene rings is 1. The highest BCUT2D eigenvalue weighted by Gasteiger charge is 2.24. The van der Waals surface area contributed by atoms with Crippen molar-refractivity contribution in [2.75, 3.05) is 0 Å². The molecule has 0 fully saturated rings. The molecule has 0 saturated carbocycles. The van der Waals surface area contributed by atoms with Crippen LogP contribution in [0.25, 0.3) is 10.1 Å². The van der Waals surface area contributed by atoms with Gasteiger partial charge in [-0.3, -0.25) is 4.79 Å². The summed E-state index contributed by atoms with van der Waals surface area (Å²) in [4.78, 5) is 15.6. The maximum absolute atomic E-state index is 13.2. The Morgan fingerprint density at radius 3 is 2.38 bits per heavy atom. The largest absolute Gasteiger partial charge is 1.00 e. The van der Waals surface area contributed by atoms with Crippen LogP contribution in [0.1, 0.15) is 78.2 Å². The van der Waals surface area contributed by atoms with Gasteiger partial charge in [0, 0.05) is 11.1 Å². The van der Waals surface area contributed by atoms with E-state index in [1.807, 2.05) is 11.3 Å². The van der Waals surface area contributed by atoms with Crippen molar-refractivity contribution in [1.82, 2.24) is 0 Å². The average molecular weight is 495 g/mol. The summed E-state index contributed by atoms with van der Waals surface area (Å²) in [5.74, 6) is 0.248. The Bertz CT molecular complexity index is 928. The van der Waals surface area contributed by atoms with Crippen LogP contribution in [0.3, 0.4) is 0 Å². The molecule has 5 heteroatoms. The van der Waals surface area contributed by atoms with Crippen molar-refractivity contribution >= 4 is 38.5 Å². The molecular weight excluding hydrogens is 462 g/mol. The molecule has 0 aliphatic heterocycles. The molecule has 29 heavy (non-hydrogen) atoms. The third kappa shape index (κ3) is 5.99. The van der Waals surface area contributed by atoms with Crippen molar-refractivity contribution < 1.29 is 26.3 Å². The molecule has 0 saturated heterocycles. The predicted octanol–water partition coefficient (Wildman–Crippen LogP) is 3.91. The van der Waals surface area contributed by atoms with E-state index in [1.165, 1.54) is 59.2 Å². The van der Waals surface area contributed by atoms with Crippen LogP contribution in [0.15, 0.2) is 29.8 Å². The molecule has 3 rings (SSSR count). The Kier molecular flexibility index (Phi) is 10.0. The number of aromatic nitrogens is 1. The number of halogens is 1. The van der Waals surface area contributed by atoms with Crippen molar-refractivity contribution in [3.63, 3.8) is 0 Å². The van der Waals surface area contributed by atoms with Gasteiger partial charge in [0.2, 0.25) is 17.8 Å². The lowest BCUT2D eigenvalue weighted by Crippen LogP contribution is -3.00. The number of thiazole rings is 1. The first-order valence-corrected chi connectivity index (χ1v) is 12.3. The van der Waals surface area contributed by atoms with Crippen molar-refractivity contribution in [2.45, 2.75) is 78.7 Å². The molecule has 2 nitrogen and oxygen atoms in total. The van der Waals surface area contributed by atoms with Gasteiger partial charge in [0.15, 0.2) is 5.69 Å². The molecule has 0 N–H and O–H groups in total. The lowest BCUT2D eigenvalue weighted by molar-refractivity contribution is -0.686. The number of benzene rings is 1. The Hall–Kier alpha value is -1.04. The monoisotopic (exact) mass is 493 g/mol. The SMILES string of the molecule is CCCCCc1sc[n+](CC(=O)c2sc3ccccc3c2C)c1CCCCC.[Br-]. The topological polar surface area (TPSA) is 20.9 Å². The number of rotatable bonds is 11. The summed E-state index contributed by atoms with van der Waals surface area (Å²) >= 11 is 3.49. The Morgan fingerprint density at radius 2 is 1.69 bits per heavy atom. The molecule has 0 bridgehead atoms. The first kappa shape index (κ1) is 24.2. The molecular formula is C24H32BrNOS2. The summed E-state index contributed by atoms with van der Waals surface area (Å²) in [6, 6.07) is 8.34. The molecule has 1 aromatic carbocycles. The van der Waals surface area contributed by atoms with Gasteiger partial charge in [-0.2, -0.15) is 4.57 Å². The zero-order valence-electron chi connectivity index (χ0n) is 17.8. The van der Waals surface area contributed by atoms with E-state index in [4.69, 9.17) is 0 Å². The standard InChI is InChI=1S/C24H32NOS2.BrH/c1-4-6-8-13-20-23(15-9-7-5-2)27-17-25(20)16-21(26)24-18(3)19-12-10-11-14-22(19)28-24;/h10-12,14,17H,4-9,13,15-16H2,1-3H3;1H/q+1;/p-1. The minimum atomic E-state index is 0. The second-order valence-electron chi connectivity index (χ2n) is 7.61. The fraction of sp³-hybridized carbons (Fsp3) is 0.500. The van der Waals surface area contributed by atoms with Gasteiger partial charge in [0.05, 0.1) is 9.75 Å². The molecule has 0 aliphatic rings. The molecule has 0 radical (unpaired) electrons. The molecule has 0 atom stereocenters. The minimum Gasteiger partial charge on any atom is -1.00 e. The maximum Gasteiger partial charge on any atom is 0.237 e. The highest BCUT2D eigenvalue weighted by atomic mass is 79.9. The van der Waals surface area contributed by atoms with Gasteiger partial charge in [0.25, 0.3) is 0 Å². The number of aryl methyl sites for hydroxylation is 2. The smallest absolute Gasteiger partial charge is 0.237 e. The van der Waals surface area contributed by atoms with Gasteiger partial charge in [-0.1, -0.05) is 69.1 Å². The van der Waals surface area contributed by atoms with E-state index in [9.17, 15) is 4.79 Å². The molecule has 0 amide bonds. The molecule has 158 valence electrons. The number of hydrogen-bond acceptors (Lipinski definition) is 3. The first-order chi connectivity index (χ1) is 13.7. The van der Waals surface area contributed by atoms with E-state index < -0.39 is 0 Å². The number of ketones is 1. The number of carbonyl (C=O) groups is 1. The van der Waals surface area contributed by atoms with Gasteiger partial charge >= 0.3 is 0 Å². The molecule has 3 aromatic rings. The van der Waals surface area contributed by atoms with Gasteiger partial charge in [-0.15, -0.1) is 11.3 Å². The average Bonchev–Trinajstić information content (AvgIpc) is 3.24. The maximum atomic E-state index is 13.2. The van der Waals surface area contributed by atoms with Crippen LogP contribution in [0.2, 0.25) is 0 Å². The number of fused-ring (bicyclic) bond motifs is 1. The van der Waals surface area contributed by atoms with Gasteiger partial charge in [-0.05, 0) is 43.2 Å². The second-order valence-corrected chi connectivity index (χ2v) is 9.60. The summed E-state index contributed by atoms with van der Waals surface area (Å²) < 4.78 is 3.45. The van der Waals surface area contributed by atoms with Crippen LogP contribution < -0.4 is 21.5 Å². The van der Waals surface area contributed by atoms with Gasteiger partial charge in [0.1, 0.15) is 0 Å². The van der Waals surface area contributed by atoms with Crippen molar-refractivity contribution in [2.24, 2.45) is 0 Å². The Labute approximate surface area is 193 Å². The number of nitrogens with zero attached hydrogens (tertiary/aromatic N) is 1. The number of hydrogen-bond donors (Lipinski definition) is 0. The van der Waals surface area contributed by atoms with Gasteiger partial charge in [-0.25, -0.2) is 0 Å². The highest BCUT2D eigenvalue weighted by molar-refractivity contribution is 7.21. The molecule has 0 aliphatic carbocycles. The van der Waals surface area contributed by atoms with Crippen LogP contribution in [-0.2, 0) is 19.4 Å². The number of Topliss-reactive ketones (excluding diaryl/α,β-unsaturated/α-hetero) is 1. The minimum absolute atomic E-state index is 0. The van der Waals surface area contributed by atoms with Crippen LogP contribution in [-0.4, -0.2) is 5.78 Å². The van der Waals surface area contributed by atoms with E-state index >= 15 is 0 Å². The highest BCUT2D eigenvalue weighted by Crippen LogP contribution is 2.31. The summed E-state index contributed by atoms with van der Waals surface area (Å²) in [6.07, 6.45) is 9.74. The Balaban J connectivity index is 0.00000300. The third-order valence-electron chi connectivity index (χ3n) is 5.43. The summed E-state index contributed by atoms with van der Waals surface area (Å²) in [5, 5.41) is 1.22.